The number of nitrogens with zero attached hydrogens (tertiary/aromatic N) is 2. The Hall–Kier alpha value is -1.29. The van der Waals surface area contributed by atoms with Crippen molar-refractivity contribution in [2.24, 2.45) is 0 Å². The molecule has 0 saturated carbocycles. The van der Waals surface area contributed by atoms with E-state index in [-0.39, 0.29) is 12.0 Å². The fourth-order valence-corrected chi connectivity index (χ4v) is 2.31. The summed E-state index contributed by atoms with van der Waals surface area (Å²) in [6.07, 6.45) is 3.37. The summed E-state index contributed by atoms with van der Waals surface area (Å²) in [7, 11) is 0. The zero-order chi connectivity index (χ0) is 14.0. The number of aromatic nitrogens is 1. The summed E-state index contributed by atoms with van der Waals surface area (Å²) in [5.41, 5.74) is -0.460. The Morgan fingerprint density at radius 2 is 2.21 bits per heavy atom. The summed E-state index contributed by atoms with van der Waals surface area (Å²) < 4.78 is 5.46. The average molecular weight is 283 g/mol. The van der Waals surface area contributed by atoms with E-state index in [1.54, 1.807) is 12.3 Å². The van der Waals surface area contributed by atoms with Gasteiger partial charge in [0.1, 0.15) is 17.5 Å². The van der Waals surface area contributed by atoms with Crippen LogP contribution in [0.4, 0.5) is 5.82 Å². The second-order valence-electron chi connectivity index (χ2n) is 5.72. The smallest absolute Gasteiger partial charge is 0.329 e. The van der Waals surface area contributed by atoms with E-state index in [4.69, 9.17) is 16.3 Å². The van der Waals surface area contributed by atoms with Gasteiger partial charge in [-0.25, -0.2) is 9.78 Å². The molecule has 1 saturated heterocycles. The molecule has 0 radical (unpaired) electrons. The van der Waals surface area contributed by atoms with Gasteiger partial charge in [-0.3, -0.25) is 0 Å². The number of esters is 1. The minimum Gasteiger partial charge on any atom is -0.458 e. The van der Waals surface area contributed by atoms with Gasteiger partial charge in [-0.2, -0.15) is 0 Å². The lowest BCUT2D eigenvalue weighted by Gasteiger charge is -2.28. The van der Waals surface area contributed by atoms with Gasteiger partial charge in [0.2, 0.25) is 0 Å². The highest BCUT2D eigenvalue weighted by Crippen LogP contribution is 2.26. The summed E-state index contributed by atoms with van der Waals surface area (Å²) in [4.78, 5) is 18.5. The van der Waals surface area contributed by atoms with E-state index in [0.29, 0.717) is 5.02 Å². The van der Waals surface area contributed by atoms with Crippen molar-refractivity contribution in [2.45, 2.75) is 45.3 Å². The van der Waals surface area contributed by atoms with Gasteiger partial charge in [-0.05, 0) is 45.7 Å². The molecule has 19 heavy (non-hydrogen) atoms. The Bertz CT molecular complexity index is 454. The van der Waals surface area contributed by atoms with Crippen molar-refractivity contribution in [1.82, 2.24) is 4.98 Å². The fourth-order valence-electron chi connectivity index (χ4n) is 2.19. The molecule has 104 valence electrons. The van der Waals surface area contributed by atoms with Crippen LogP contribution in [0.2, 0.25) is 5.02 Å². The molecule has 0 spiro atoms. The molecule has 2 heterocycles. The maximum atomic E-state index is 12.2. The Kier molecular flexibility index (Phi) is 3.99. The van der Waals surface area contributed by atoms with Gasteiger partial charge >= 0.3 is 5.97 Å². The number of hydrogen-bond donors (Lipinski definition) is 0. The third-order valence-electron chi connectivity index (χ3n) is 2.94. The van der Waals surface area contributed by atoms with Gasteiger partial charge in [0.05, 0.1) is 5.02 Å². The van der Waals surface area contributed by atoms with E-state index in [0.717, 1.165) is 25.2 Å². The van der Waals surface area contributed by atoms with Crippen molar-refractivity contribution in [1.29, 1.82) is 0 Å². The van der Waals surface area contributed by atoms with Crippen molar-refractivity contribution >= 4 is 23.4 Å². The molecule has 1 aromatic heterocycles. The molecule has 1 aliphatic heterocycles. The minimum absolute atomic E-state index is 0.179. The summed E-state index contributed by atoms with van der Waals surface area (Å²) in [6.45, 7) is 6.46. The van der Waals surface area contributed by atoms with E-state index in [2.05, 4.69) is 4.98 Å². The maximum Gasteiger partial charge on any atom is 0.329 e. The first-order valence-corrected chi connectivity index (χ1v) is 6.86. The molecule has 1 unspecified atom stereocenters. The first-order chi connectivity index (χ1) is 8.87. The van der Waals surface area contributed by atoms with Crippen LogP contribution in [0.15, 0.2) is 18.3 Å². The Balaban J connectivity index is 2.12. The number of halogens is 1. The number of rotatable bonds is 2. The van der Waals surface area contributed by atoms with Crippen molar-refractivity contribution in [2.75, 3.05) is 11.4 Å². The quantitative estimate of drug-likeness (QED) is 0.782. The molecule has 1 atom stereocenters. The van der Waals surface area contributed by atoms with Gasteiger partial charge in [-0.1, -0.05) is 11.6 Å². The van der Waals surface area contributed by atoms with E-state index in [1.165, 1.54) is 0 Å². The lowest BCUT2D eigenvalue weighted by molar-refractivity contribution is -0.156. The van der Waals surface area contributed by atoms with Crippen LogP contribution in [0.5, 0.6) is 0 Å². The van der Waals surface area contributed by atoms with Crippen LogP contribution in [-0.2, 0) is 9.53 Å². The molecule has 1 aliphatic rings. The third kappa shape index (κ3) is 3.60. The van der Waals surface area contributed by atoms with Gasteiger partial charge in [0.15, 0.2) is 0 Å². The number of hydrogen-bond acceptors (Lipinski definition) is 4. The first kappa shape index (κ1) is 14.1. The van der Waals surface area contributed by atoms with Gasteiger partial charge in [0, 0.05) is 12.7 Å². The van der Waals surface area contributed by atoms with E-state index in [1.807, 2.05) is 31.7 Å². The lowest BCUT2D eigenvalue weighted by atomic mass is 10.1. The average Bonchev–Trinajstić information content (AvgIpc) is 2.76. The molecule has 1 fully saturated rings. The molecule has 2 rings (SSSR count). The summed E-state index contributed by atoms with van der Waals surface area (Å²) in [5.74, 6) is 0.597. The van der Waals surface area contributed by atoms with Gasteiger partial charge in [0.25, 0.3) is 0 Å². The monoisotopic (exact) mass is 282 g/mol. The van der Waals surface area contributed by atoms with Crippen LogP contribution in [0.1, 0.15) is 33.6 Å². The van der Waals surface area contributed by atoms with E-state index < -0.39 is 5.60 Å². The molecule has 4 nitrogen and oxygen atoms in total. The molecule has 0 amide bonds. The normalized spacial score (nSPS) is 19.6. The zero-order valence-corrected chi connectivity index (χ0v) is 12.3. The molecule has 1 aromatic rings. The summed E-state index contributed by atoms with van der Waals surface area (Å²) >= 11 is 5.83. The number of carbonyl (C=O) groups excluding carboxylic acids is 1. The topological polar surface area (TPSA) is 42.4 Å². The summed E-state index contributed by atoms with van der Waals surface area (Å²) in [5, 5.41) is 0.594. The fraction of sp³-hybridized carbons (Fsp3) is 0.571. The Morgan fingerprint density at radius 3 is 2.79 bits per heavy atom. The number of carbonyl (C=O) groups is 1. The zero-order valence-electron chi connectivity index (χ0n) is 11.5. The van der Waals surface area contributed by atoms with Crippen LogP contribution >= 0.6 is 11.6 Å². The first-order valence-electron chi connectivity index (χ1n) is 6.48. The lowest BCUT2D eigenvalue weighted by Crippen LogP contribution is -2.40. The molecule has 0 aliphatic carbocycles. The molecule has 0 N–H and O–H groups in total. The Labute approximate surface area is 118 Å². The second kappa shape index (κ2) is 5.37. The standard InChI is InChI=1S/C14H19ClN2O2/c1-14(2,3)19-13(18)11-5-4-8-17(11)12-7-6-10(15)9-16-12/h6-7,9,11H,4-5,8H2,1-3H3. The predicted molar refractivity (Wildman–Crippen MR) is 75.5 cm³/mol. The second-order valence-corrected chi connectivity index (χ2v) is 6.16. The third-order valence-corrected chi connectivity index (χ3v) is 3.16. The Morgan fingerprint density at radius 1 is 1.47 bits per heavy atom. The number of pyridine rings is 1. The highest BCUT2D eigenvalue weighted by molar-refractivity contribution is 6.30. The molecule has 0 bridgehead atoms. The van der Waals surface area contributed by atoms with Crippen LogP contribution in [0, 0.1) is 0 Å². The van der Waals surface area contributed by atoms with Gasteiger partial charge < -0.3 is 9.64 Å². The van der Waals surface area contributed by atoms with Gasteiger partial charge in [-0.15, -0.1) is 0 Å². The van der Waals surface area contributed by atoms with Crippen LogP contribution in [0.3, 0.4) is 0 Å². The van der Waals surface area contributed by atoms with Crippen LogP contribution in [0.25, 0.3) is 0 Å². The SMILES string of the molecule is CC(C)(C)OC(=O)C1CCCN1c1ccc(Cl)cn1. The maximum absolute atomic E-state index is 12.2. The molecular formula is C14H19ClN2O2. The molecule has 5 heteroatoms. The predicted octanol–water partition coefficient (Wildman–Crippen LogP) is 3.05. The molecular weight excluding hydrogens is 264 g/mol. The van der Waals surface area contributed by atoms with Crippen molar-refractivity contribution < 1.29 is 9.53 Å². The molecule has 0 aromatic carbocycles. The highest BCUT2D eigenvalue weighted by atomic mass is 35.5. The minimum atomic E-state index is -0.460. The van der Waals surface area contributed by atoms with Crippen molar-refractivity contribution in [3.63, 3.8) is 0 Å². The van der Waals surface area contributed by atoms with Crippen molar-refractivity contribution in [3.8, 4) is 0 Å². The highest BCUT2D eigenvalue weighted by Gasteiger charge is 2.34. The number of anilines is 1. The largest absolute Gasteiger partial charge is 0.458 e. The van der Waals surface area contributed by atoms with E-state index >= 15 is 0 Å². The summed E-state index contributed by atoms with van der Waals surface area (Å²) in [6, 6.07) is 3.38. The van der Waals surface area contributed by atoms with Crippen molar-refractivity contribution in [3.05, 3.63) is 23.4 Å². The number of ether oxygens (including phenoxy) is 1. The van der Waals surface area contributed by atoms with Crippen LogP contribution < -0.4 is 4.90 Å². The van der Waals surface area contributed by atoms with Crippen LogP contribution in [-0.4, -0.2) is 29.1 Å². The van der Waals surface area contributed by atoms with E-state index in [9.17, 15) is 4.79 Å².